The second-order valence-electron chi connectivity index (χ2n) is 5.64. The van der Waals surface area contributed by atoms with Gasteiger partial charge in [0.25, 0.3) is 0 Å². The van der Waals surface area contributed by atoms with Crippen LogP contribution in [-0.2, 0) is 17.7 Å². The Morgan fingerprint density at radius 1 is 1.27 bits per heavy atom. The van der Waals surface area contributed by atoms with Crippen molar-refractivity contribution in [3.05, 3.63) is 59.9 Å². The molecule has 0 N–H and O–H groups in total. The molecule has 1 aromatic heterocycles. The lowest BCUT2D eigenvalue weighted by Crippen LogP contribution is -2.42. The van der Waals surface area contributed by atoms with Crippen molar-refractivity contribution >= 4 is 0 Å². The Bertz CT molecular complexity index is 589. The van der Waals surface area contributed by atoms with Crippen molar-refractivity contribution in [3.8, 4) is 5.75 Å². The molecule has 0 saturated carbocycles. The Morgan fingerprint density at radius 2 is 2.18 bits per heavy atom. The number of morpholine rings is 1. The second-order valence-corrected chi connectivity index (χ2v) is 5.64. The lowest BCUT2D eigenvalue weighted by Gasteiger charge is -2.33. The zero-order valence-corrected chi connectivity index (χ0v) is 12.9. The number of ether oxygens (including phenoxy) is 2. The van der Waals surface area contributed by atoms with Crippen molar-refractivity contribution in [1.82, 2.24) is 9.88 Å². The van der Waals surface area contributed by atoms with E-state index in [0.717, 1.165) is 38.4 Å². The molecule has 1 atom stereocenters. The van der Waals surface area contributed by atoms with Gasteiger partial charge < -0.3 is 9.47 Å². The van der Waals surface area contributed by atoms with Crippen molar-refractivity contribution in [2.75, 3.05) is 26.8 Å². The van der Waals surface area contributed by atoms with Gasteiger partial charge in [-0.2, -0.15) is 0 Å². The summed E-state index contributed by atoms with van der Waals surface area (Å²) >= 11 is 0. The lowest BCUT2D eigenvalue weighted by molar-refractivity contribution is -0.0305. The molecule has 2 heterocycles. The van der Waals surface area contributed by atoms with E-state index >= 15 is 0 Å². The quantitative estimate of drug-likeness (QED) is 0.849. The minimum atomic E-state index is 0.234. The number of hydrogen-bond acceptors (Lipinski definition) is 4. The monoisotopic (exact) mass is 298 g/mol. The molecule has 0 spiro atoms. The summed E-state index contributed by atoms with van der Waals surface area (Å²) in [4.78, 5) is 6.62. The third-order valence-corrected chi connectivity index (χ3v) is 3.95. The first-order chi connectivity index (χ1) is 10.8. The van der Waals surface area contributed by atoms with E-state index in [2.05, 4.69) is 28.1 Å². The Balaban J connectivity index is 1.58. The molecule has 116 valence electrons. The molecule has 0 radical (unpaired) electrons. The normalized spacial score (nSPS) is 19.0. The van der Waals surface area contributed by atoms with Crippen LogP contribution in [-0.4, -0.2) is 42.8 Å². The Hall–Kier alpha value is -1.91. The van der Waals surface area contributed by atoms with Crippen LogP contribution in [0.15, 0.2) is 48.8 Å². The Morgan fingerprint density at radius 3 is 3.00 bits per heavy atom. The average Bonchev–Trinajstić information content (AvgIpc) is 2.56. The summed E-state index contributed by atoms with van der Waals surface area (Å²) in [5.41, 5.74) is 2.51. The molecule has 22 heavy (non-hydrogen) atoms. The second kappa shape index (κ2) is 7.38. The number of methoxy groups -OCH3 is 1. The number of benzene rings is 1. The Kier molecular flexibility index (Phi) is 5.03. The van der Waals surface area contributed by atoms with Gasteiger partial charge in [-0.3, -0.25) is 9.88 Å². The van der Waals surface area contributed by atoms with E-state index in [1.807, 2.05) is 30.6 Å². The molecule has 3 rings (SSSR count). The summed E-state index contributed by atoms with van der Waals surface area (Å²) in [5, 5.41) is 0. The van der Waals surface area contributed by atoms with Gasteiger partial charge in [0.05, 0.1) is 19.8 Å². The summed E-state index contributed by atoms with van der Waals surface area (Å²) in [6, 6.07) is 12.3. The van der Waals surface area contributed by atoms with Gasteiger partial charge in [-0.25, -0.2) is 0 Å². The van der Waals surface area contributed by atoms with Crippen LogP contribution >= 0.6 is 0 Å². The summed E-state index contributed by atoms with van der Waals surface area (Å²) < 4.78 is 11.2. The molecule has 1 saturated heterocycles. The van der Waals surface area contributed by atoms with Crippen molar-refractivity contribution < 1.29 is 9.47 Å². The molecule has 2 aromatic rings. The first kappa shape index (κ1) is 15.0. The molecule has 4 nitrogen and oxygen atoms in total. The van der Waals surface area contributed by atoms with E-state index in [4.69, 9.17) is 9.47 Å². The highest BCUT2D eigenvalue weighted by Gasteiger charge is 2.21. The summed E-state index contributed by atoms with van der Waals surface area (Å²) in [7, 11) is 1.70. The molecule has 1 aromatic carbocycles. The van der Waals surface area contributed by atoms with Crippen LogP contribution in [0.2, 0.25) is 0 Å². The third-order valence-electron chi connectivity index (χ3n) is 3.95. The van der Waals surface area contributed by atoms with Gasteiger partial charge in [0.2, 0.25) is 0 Å². The van der Waals surface area contributed by atoms with Crippen molar-refractivity contribution in [1.29, 1.82) is 0 Å². The largest absolute Gasteiger partial charge is 0.497 e. The van der Waals surface area contributed by atoms with Crippen LogP contribution in [0.3, 0.4) is 0 Å². The van der Waals surface area contributed by atoms with Gasteiger partial charge in [-0.05, 0) is 29.3 Å². The van der Waals surface area contributed by atoms with Gasteiger partial charge in [0, 0.05) is 38.4 Å². The maximum Gasteiger partial charge on any atom is 0.119 e. The molecular formula is C18H22N2O2. The van der Waals surface area contributed by atoms with Crippen LogP contribution < -0.4 is 4.74 Å². The van der Waals surface area contributed by atoms with Crippen LogP contribution in [0.25, 0.3) is 0 Å². The Labute approximate surface area is 131 Å². The highest BCUT2D eigenvalue weighted by molar-refractivity contribution is 5.28. The molecular weight excluding hydrogens is 276 g/mol. The first-order valence-electron chi connectivity index (χ1n) is 7.69. The van der Waals surface area contributed by atoms with Crippen LogP contribution in [0.1, 0.15) is 11.1 Å². The maximum atomic E-state index is 5.93. The zero-order chi connectivity index (χ0) is 15.2. The topological polar surface area (TPSA) is 34.6 Å². The molecule has 0 bridgehead atoms. The fourth-order valence-electron chi connectivity index (χ4n) is 2.86. The average molecular weight is 298 g/mol. The van der Waals surface area contributed by atoms with Crippen molar-refractivity contribution in [2.45, 2.75) is 19.1 Å². The highest BCUT2D eigenvalue weighted by Crippen LogP contribution is 2.17. The maximum absolute atomic E-state index is 5.93. The van der Waals surface area contributed by atoms with Crippen molar-refractivity contribution in [3.63, 3.8) is 0 Å². The summed E-state index contributed by atoms with van der Waals surface area (Å²) in [6.07, 6.45) is 4.90. The predicted octanol–water partition coefficient (Wildman–Crippen LogP) is 2.53. The van der Waals surface area contributed by atoms with Gasteiger partial charge in [-0.15, -0.1) is 0 Å². The number of rotatable bonds is 5. The molecule has 0 unspecified atom stereocenters. The van der Waals surface area contributed by atoms with E-state index in [1.54, 1.807) is 7.11 Å². The fourth-order valence-corrected chi connectivity index (χ4v) is 2.86. The van der Waals surface area contributed by atoms with E-state index in [-0.39, 0.29) is 6.10 Å². The molecule has 1 aliphatic rings. The molecule has 4 heteroatoms. The lowest BCUT2D eigenvalue weighted by atomic mass is 10.1. The minimum Gasteiger partial charge on any atom is -0.497 e. The number of hydrogen-bond donors (Lipinski definition) is 0. The molecule has 0 amide bonds. The van der Waals surface area contributed by atoms with Gasteiger partial charge in [0.15, 0.2) is 0 Å². The summed E-state index contributed by atoms with van der Waals surface area (Å²) in [6.45, 7) is 3.65. The van der Waals surface area contributed by atoms with Gasteiger partial charge in [-0.1, -0.05) is 18.2 Å². The minimum absolute atomic E-state index is 0.234. The first-order valence-corrected chi connectivity index (χ1v) is 7.69. The SMILES string of the molecule is COc1cccc(C[C@H]2CN(Cc3cccnc3)CCO2)c1. The molecule has 1 aliphatic heterocycles. The number of pyridine rings is 1. The van der Waals surface area contributed by atoms with E-state index < -0.39 is 0 Å². The molecule has 0 aliphatic carbocycles. The van der Waals surface area contributed by atoms with E-state index in [9.17, 15) is 0 Å². The third kappa shape index (κ3) is 4.06. The smallest absolute Gasteiger partial charge is 0.119 e. The molecule has 1 fully saturated rings. The number of aromatic nitrogens is 1. The number of nitrogens with zero attached hydrogens (tertiary/aromatic N) is 2. The van der Waals surface area contributed by atoms with Gasteiger partial charge >= 0.3 is 0 Å². The van der Waals surface area contributed by atoms with Gasteiger partial charge in [0.1, 0.15) is 5.75 Å². The predicted molar refractivity (Wildman–Crippen MR) is 86.0 cm³/mol. The standard InChI is InChI=1S/C18H22N2O2/c1-21-17-6-2-4-15(10-17)11-18-14-20(8-9-22-18)13-16-5-3-7-19-12-16/h2-7,10,12,18H,8-9,11,13-14H2,1H3/t18-/m0/s1. The van der Waals surface area contributed by atoms with E-state index in [1.165, 1.54) is 11.1 Å². The van der Waals surface area contributed by atoms with Crippen LogP contribution in [0.5, 0.6) is 5.75 Å². The summed E-state index contributed by atoms with van der Waals surface area (Å²) in [5.74, 6) is 0.903. The van der Waals surface area contributed by atoms with Crippen molar-refractivity contribution in [2.24, 2.45) is 0 Å². The fraction of sp³-hybridized carbons (Fsp3) is 0.389. The van der Waals surface area contributed by atoms with Crippen LogP contribution in [0, 0.1) is 0 Å². The zero-order valence-electron chi connectivity index (χ0n) is 12.9. The van der Waals surface area contributed by atoms with E-state index in [0.29, 0.717) is 0 Å². The van der Waals surface area contributed by atoms with Crippen LogP contribution in [0.4, 0.5) is 0 Å². The highest BCUT2D eigenvalue weighted by atomic mass is 16.5.